The Labute approximate surface area is 158 Å². The SMILES string of the molecule is COc1ccc(CNC2CNC(=O)c3cc(-c4ccc(C)cc4)nn32)cc1. The van der Waals surface area contributed by atoms with Gasteiger partial charge in [-0.15, -0.1) is 0 Å². The number of carbonyl (C=O) groups excluding carboxylic acids is 1. The summed E-state index contributed by atoms with van der Waals surface area (Å²) in [5.41, 5.74) is 4.71. The van der Waals surface area contributed by atoms with Crippen molar-refractivity contribution in [3.8, 4) is 17.0 Å². The van der Waals surface area contributed by atoms with E-state index in [1.54, 1.807) is 11.8 Å². The van der Waals surface area contributed by atoms with Gasteiger partial charge in [0, 0.05) is 12.1 Å². The van der Waals surface area contributed by atoms with E-state index in [1.165, 1.54) is 5.56 Å². The van der Waals surface area contributed by atoms with E-state index in [0.717, 1.165) is 22.6 Å². The van der Waals surface area contributed by atoms with Crippen molar-refractivity contribution < 1.29 is 9.53 Å². The van der Waals surface area contributed by atoms with Crippen LogP contribution in [0.5, 0.6) is 5.75 Å². The molecule has 0 radical (unpaired) electrons. The lowest BCUT2D eigenvalue weighted by Crippen LogP contribution is -2.45. The number of aryl methyl sites for hydroxylation is 1. The third-order valence-electron chi connectivity index (χ3n) is 4.77. The Bertz CT molecular complexity index is 945. The van der Waals surface area contributed by atoms with Gasteiger partial charge in [0.1, 0.15) is 17.6 Å². The molecular formula is C21H22N4O2. The Hall–Kier alpha value is -3.12. The molecule has 0 bridgehead atoms. The fourth-order valence-corrected chi connectivity index (χ4v) is 3.17. The van der Waals surface area contributed by atoms with Crippen LogP contribution in [0.4, 0.5) is 0 Å². The van der Waals surface area contributed by atoms with E-state index < -0.39 is 0 Å². The van der Waals surface area contributed by atoms with Gasteiger partial charge in [0.25, 0.3) is 5.91 Å². The quantitative estimate of drug-likeness (QED) is 0.732. The predicted octanol–water partition coefficient (Wildman–Crippen LogP) is 2.90. The van der Waals surface area contributed by atoms with Crippen LogP contribution in [0.15, 0.2) is 54.6 Å². The molecule has 6 nitrogen and oxygen atoms in total. The Morgan fingerprint density at radius 3 is 2.63 bits per heavy atom. The van der Waals surface area contributed by atoms with Crippen LogP contribution in [-0.2, 0) is 6.54 Å². The Kier molecular flexibility index (Phi) is 4.64. The summed E-state index contributed by atoms with van der Waals surface area (Å²) in [5.74, 6) is 0.740. The maximum atomic E-state index is 12.3. The number of benzene rings is 2. The molecule has 27 heavy (non-hydrogen) atoms. The van der Waals surface area contributed by atoms with E-state index in [4.69, 9.17) is 9.84 Å². The molecule has 1 atom stereocenters. The summed E-state index contributed by atoms with van der Waals surface area (Å²) < 4.78 is 6.98. The molecule has 2 aromatic carbocycles. The number of methoxy groups -OCH3 is 1. The third kappa shape index (κ3) is 3.57. The van der Waals surface area contributed by atoms with E-state index in [1.807, 2.05) is 54.6 Å². The molecule has 6 heteroatoms. The average Bonchev–Trinajstić information content (AvgIpc) is 3.15. The zero-order valence-electron chi connectivity index (χ0n) is 15.4. The molecule has 0 aliphatic carbocycles. The number of hydrogen-bond donors (Lipinski definition) is 2. The molecule has 0 saturated heterocycles. The molecule has 2 N–H and O–H groups in total. The molecule has 0 saturated carbocycles. The van der Waals surface area contributed by atoms with Gasteiger partial charge in [-0.3, -0.25) is 10.1 Å². The Morgan fingerprint density at radius 1 is 1.19 bits per heavy atom. The lowest BCUT2D eigenvalue weighted by atomic mass is 10.1. The lowest BCUT2D eigenvalue weighted by molar-refractivity contribution is 0.0900. The third-order valence-corrected chi connectivity index (χ3v) is 4.77. The first-order valence-electron chi connectivity index (χ1n) is 8.95. The van der Waals surface area contributed by atoms with Crippen LogP contribution in [0, 0.1) is 6.92 Å². The highest BCUT2D eigenvalue weighted by atomic mass is 16.5. The van der Waals surface area contributed by atoms with Crippen LogP contribution in [0.1, 0.15) is 27.8 Å². The topological polar surface area (TPSA) is 68.2 Å². The molecule has 1 amide bonds. The number of amides is 1. The van der Waals surface area contributed by atoms with Crippen molar-refractivity contribution >= 4 is 5.91 Å². The lowest BCUT2D eigenvalue weighted by Gasteiger charge is -2.25. The maximum Gasteiger partial charge on any atom is 0.269 e. The van der Waals surface area contributed by atoms with Crippen molar-refractivity contribution in [3.63, 3.8) is 0 Å². The molecule has 138 valence electrons. The van der Waals surface area contributed by atoms with E-state index in [2.05, 4.69) is 17.6 Å². The molecule has 1 aliphatic heterocycles. The molecule has 0 spiro atoms. The summed E-state index contributed by atoms with van der Waals surface area (Å²) in [6.45, 7) is 3.22. The molecule has 3 aromatic rings. The van der Waals surface area contributed by atoms with Gasteiger partial charge in [-0.1, -0.05) is 42.0 Å². The number of ether oxygens (including phenoxy) is 1. The molecule has 1 unspecified atom stereocenters. The second-order valence-corrected chi connectivity index (χ2v) is 6.68. The minimum absolute atomic E-state index is 0.0941. The van der Waals surface area contributed by atoms with Crippen LogP contribution in [0.25, 0.3) is 11.3 Å². The Balaban J connectivity index is 1.55. The molecule has 4 rings (SSSR count). The summed E-state index contributed by atoms with van der Waals surface area (Å²) in [7, 11) is 1.66. The normalized spacial score (nSPS) is 15.9. The van der Waals surface area contributed by atoms with E-state index in [-0.39, 0.29) is 12.1 Å². The molecule has 1 aliphatic rings. The van der Waals surface area contributed by atoms with E-state index >= 15 is 0 Å². The van der Waals surface area contributed by atoms with Crippen LogP contribution in [0.2, 0.25) is 0 Å². The molecule has 1 aromatic heterocycles. The van der Waals surface area contributed by atoms with Crippen LogP contribution in [-0.4, -0.2) is 29.3 Å². The first-order valence-corrected chi connectivity index (χ1v) is 8.95. The van der Waals surface area contributed by atoms with Gasteiger partial charge < -0.3 is 10.1 Å². The van der Waals surface area contributed by atoms with Crippen molar-refractivity contribution in [2.45, 2.75) is 19.6 Å². The van der Waals surface area contributed by atoms with Crippen molar-refractivity contribution in [1.82, 2.24) is 20.4 Å². The van der Waals surface area contributed by atoms with Gasteiger partial charge in [0.2, 0.25) is 0 Å². The van der Waals surface area contributed by atoms with Gasteiger partial charge in [0.05, 0.1) is 19.3 Å². The molecule has 0 fully saturated rings. The Morgan fingerprint density at radius 2 is 1.93 bits per heavy atom. The fraction of sp³-hybridized carbons (Fsp3) is 0.238. The summed E-state index contributed by atoms with van der Waals surface area (Å²) in [6, 6.07) is 17.9. The zero-order chi connectivity index (χ0) is 18.8. The van der Waals surface area contributed by atoms with Gasteiger partial charge in [-0.2, -0.15) is 5.10 Å². The second kappa shape index (κ2) is 7.25. The number of aromatic nitrogens is 2. The first-order chi connectivity index (χ1) is 13.1. The van der Waals surface area contributed by atoms with Gasteiger partial charge >= 0.3 is 0 Å². The summed E-state index contributed by atoms with van der Waals surface area (Å²) in [5, 5.41) is 11.1. The number of fused-ring (bicyclic) bond motifs is 1. The molecular weight excluding hydrogens is 340 g/mol. The number of hydrogen-bond acceptors (Lipinski definition) is 4. The highest BCUT2D eigenvalue weighted by Crippen LogP contribution is 2.23. The summed E-state index contributed by atoms with van der Waals surface area (Å²) in [4.78, 5) is 12.3. The highest BCUT2D eigenvalue weighted by molar-refractivity contribution is 5.94. The summed E-state index contributed by atoms with van der Waals surface area (Å²) >= 11 is 0. The van der Waals surface area contributed by atoms with Gasteiger partial charge in [-0.25, -0.2) is 4.68 Å². The smallest absolute Gasteiger partial charge is 0.269 e. The molecule has 2 heterocycles. The van der Waals surface area contributed by atoms with Crippen LogP contribution >= 0.6 is 0 Å². The van der Waals surface area contributed by atoms with Crippen molar-refractivity contribution in [3.05, 3.63) is 71.4 Å². The first kappa shape index (κ1) is 17.3. The summed E-state index contributed by atoms with van der Waals surface area (Å²) in [6.07, 6.45) is -0.0981. The maximum absolute atomic E-state index is 12.3. The van der Waals surface area contributed by atoms with Crippen LogP contribution in [0.3, 0.4) is 0 Å². The van der Waals surface area contributed by atoms with Crippen molar-refractivity contribution in [2.75, 3.05) is 13.7 Å². The minimum Gasteiger partial charge on any atom is -0.497 e. The van der Waals surface area contributed by atoms with Crippen molar-refractivity contribution in [1.29, 1.82) is 0 Å². The van der Waals surface area contributed by atoms with Crippen molar-refractivity contribution in [2.24, 2.45) is 0 Å². The monoisotopic (exact) mass is 362 g/mol. The number of nitrogens with zero attached hydrogens (tertiary/aromatic N) is 2. The number of nitrogens with one attached hydrogen (secondary N) is 2. The largest absolute Gasteiger partial charge is 0.497 e. The van der Waals surface area contributed by atoms with E-state index in [9.17, 15) is 4.79 Å². The predicted molar refractivity (Wildman–Crippen MR) is 104 cm³/mol. The number of rotatable bonds is 5. The van der Waals surface area contributed by atoms with E-state index in [0.29, 0.717) is 18.8 Å². The average molecular weight is 362 g/mol. The standard InChI is InChI=1S/C21H22N4O2/c1-14-3-7-16(8-4-14)18-11-19-21(26)23-13-20(25(19)24-18)22-12-15-5-9-17(27-2)10-6-15/h3-11,20,22H,12-13H2,1-2H3,(H,23,26). The zero-order valence-corrected chi connectivity index (χ0v) is 15.4. The minimum atomic E-state index is -0.0981. The number of carbonyl (C=O) groups is 1. The van der Waals surface area contributed by atoms with Gasteiger partial charge in [-0.05, 0) is 30.7 Å². The van der Waals surface area contributed by atoms with Gasteiger partial charge in [0.15, 0.2) is 0 Å². The van der Waals surface area contributed by atoms with Crippen LogP contribution < -0.4 is 15.4 Å². The second-order valence-electron chi connectivity index (χ2n) is 6.68. The highest BCUT2D eigenvalue weighted by Gasteiger charge is 2.27. The fourth-order valence-electron chi connectivity index (χ4n) is 3.17.